The highest BCUT2D eigenvalue weighted by Crippen LogP contribution is 2.21. The van der Waals surface area contributed by atoms with E-state index in [1.54, 1.807) is 7.11 Å². The van der Waals surface area contributed by atoms with Crippen molar-refractivity contribution in [2.45, 2.75) is 13.3 Å². The lowest BCUT2D eigenvalue weighted by Gasteiger charge is -2.17. The summed E-state index contributed by atoms with van der Waals surface area (Å²) in [5, 5.41) is 8.85. The first kappa shape index (κ1) is 15.6. The number of hydrogen-bond acceptors (Lipinski definition) is 3. The maximum atomic E-state index is 12.6. The lowest BCUT2D eigenvalue weighted by atomic mass is 10.0. The molecule has 1 atom stereocenters. The second kappa shape index (κ2) is 7.26. The third-order valence-electron chi connectivity index (χ3n) is 3.68. The average Bonchev–Trinajstić information content (AvgIpc) is 2.93. The number of carbonyl (C=O) groups excluding carboxylic acids is 1. The zero-order valence-electron chi connectivity index (χ0n) is 12.6. The van der Waals surface area contributed by atoms with Crippen molar-refractivity contribution in [1.82, 2.24) is 4.90 Å². The van der Waals surface area contributed by atoms with Crippen molar-refractivity contribution < 1.29 is 14.6 Å². The second-order valence-electron chi connectivity index (χ2n) is 5.37. The lowest BCUT2D eigenvalue weighted by molar-refractivity contribution is 0.0775. The number of aliphatic hydroxyl groups excluding tert-OH is 1. The largest absolute Gasteiger partial charge is 0.384 e. The SMILES string of the molecule is COCC1CCN(C(=O)c2ccc(C)cc2C#CCO)C1. The molecule has 21 heavy (non-hydrogen) atoms. The fourth-order valence-corrected chi connectivity index (χ4v) is 2.64. The van der Waals surface area contributed by atoms with Crippen LogP contribution in [0.25, 0.3) is 0 Å². The van der Waals surface area contributed by atoms with Gasteiger partial charge in [-0.1, -0.05) is 17.9 Å². The molecule has 0 aromatic heterocycles. The summed E-state index contributed by atoms with van der Waals surface area (Å²) < 4.78 is 5.16. The van der Waals surface area contributed by atoms with Crippen molar-refractivity contribution in [2.24, 2.45) is 5.92 Å². The molecule has 0 spiro atoms. The van der Waals surface area contributed by atoms with Gasteiger partial charge in [0.1, 0.15) is 6.61 Å². The Morgan fingerprint density at radius 3 is 3.05 bits per heavy atom. The number of ether oxygens (including phenoxy) is 1. The molecule has 0 bridgehead atoms. The van der Waals surface area contributed by atoms with Gasteiger partial charge in [0.2, 0.25) is 0 Å². The van der Waals surface area contributed by atoms with Gasteiger partial charge in [0, 0.05) is 31.7 Å². The summed E-state index contributed by atoms with van der Waals surface area (Å²) in [4.78, 5) is 14.5. The zero-order chi connectivity index (χ0) is 15.2. The molecule has 1 saturated heterocycles. The molecule has 0 aliphatic carbocycles. The molecule has 112 valence electrons. The number of aryl methyl sites for hydroxylation is 1. The third-order valence-corrected chi connectivity index (χ3v) is 3.68. The number of nitrogens with zero attached hydrogens (tertiary/aromatic N) is 1. The van der Waals surface area contributed by atoms with Crippen LogP contribution in [0.1, 0.15) is 27.9 Å². The smallest absolute Gasteiger partial charge is 0.255 e. The molecular weight excluding hydrogens is 266 g/mol. The molecule has 0 saturated carbocycles. The molecule has 4 nitrogen and oxygen atoms in total. The minimum absolute atomic E-state index is 0.0100. The normalized spacial score (nSPS) is 17.5. The van der Waals surface area contributed by atoms with Gasteiger partial charge in [-0.3, -0.25) is 4.79 Å². The van der Waals surface area contributed by atoms with Crippen molar-refractivity contribution in [3.05, 3.63) is 34.9 Å². The third kappa shape index (κ3) is 3.84. The molecule has 1 amide bonds. The second-order valence-corrected chi connectivity index (χ2v) is 5.37. The standard InChI is InChI=1S/C17H21NO3/c1-13-5-6-16(15(10-13)4-3-9-19)17(20)18-8-7-14(11-18)12-21-2/h5-6,10,14,19H,7-9,11-12H2,1-2H3. The van der Waals surface area contributed by atoms with Crippen molar-refractivity contribution >= 4 is 5.91 Å². The van der Waals surface area contributed by atoms with E-state index in [9.17, 15) is 4.79 Å². The summed E-state index contributed by atoms with van der Waals surface area (Å²) >= 11 is 0. The fourth-order valence-electron chi connectivity index (χ4n) is 2.64. The molecular formula is C17H21NO3. The molecule has 4 heteroatoms. The Hall–Kier alpha value is -1.83. The van der Waals surface area contributed by atoms with E-state index in [-0.39, 0.29) is 12.5 Å². The average molecular weight is 287 g/mol. The molecule has 1 heterocycles. The first-order valence-electron chi connectivity index (χ1n) is 7.14. The Morgan fingerprint density at radius 1 is 1.52 bits per heavy atom. The van der Waals surface area contributed by atoms with Crippen LogP contribution in [0.2, 0.25) is 0 Å². The Morgan fingerprint density at radius 2 is 2.33 bits per heavy atom. The number of amides is 1. The van der Waals surface area contributed by atoms with E-state index in [4.69, 9.17) is 9.84 Å². The topological polar surface area (TPSA) is 49.8 Å². The van der Waals surface area contributed by atoms with Crippen LogP contribution in [0.5, 0.6) is 0 Å². The highest BCUT2D eigenvalue weighted by molar-refractivity contribution is 5.97. The Labute approximate surface area is 125 Å². The van der Waals surface area contributed by atoms with E-state index < -0.39 is 0 Å². The molecule has 1 fully saturated rings. The van der Waals surface area contributed by atoms with Crippen LogP contribution in [0.4, 0.5) is 0 Å². The van der Waals surface area contributed by atoms with E-state index in [2.05, 4.69) is 11.8 Å². The summed E-state index contributed by atoms with van der Waals surface area (Å²) in [5.74, 6) is 5.92. The summed E-state index contributed by atoms with van der Waals surface area (Å²) in [6.45, 7) is 3.93. The van der Waals surface area contributed by atoms with Crippen LogP contribution in [0, 0.1) is 24.7 Å². The maximum absolute atomic E-state index is 12.6. The number of benzene rings is 1. The predicted octanol–water partition coefficient (Wildman–Crippen LogP) is 1.45. The van der Waals surface area contributed by atoms with Crippen molar-refractivity contribution in [1.29, 1.82) is 0 Å². The van der Waals surface area contributed by atoms with Gasteiger partial charge >= 0.3 is 0 Å². The van der Waals surface area contributed by atoms with Gasteiger partial charge in [-0.05, 0) is 31.0 Å². The number of aliphatic hydroxyl groups is 1. The Kier molecular flexibility index (Phi) is 5.38. The van der Waals surface area contributed by atoms with Crippen molar-refractivity contribution in [3.8, 4) is 11.8 Å². The van der Waals surface area contributed by atoms with Crippen molar-refractivity contribution in [3.63, 3.8) is 0 Å². The van der Waals surface area contributed by atoms with E-state index in [0.717, 1.165) is 25.1 Å². The van der Waals surface area contributed by atoms with Gasteiger partial charge in [-0.25, -0.2) is 0 Å². The summed E-state index contributed by atoms with van der Waals surface area (Å²) in [5.41, 5.74) is 2.34. The lowest BCUT2D eigenvalue weighted by Crippen LogP contribution is -2.29. The molecule has 1 aromatic rings. The number of methoxy groups -OCH3 is 1. The van der Waals surface area contributed by atoms with E-state index in [1.807, 2.05) is 30.0 Å². The van der Waals surface area contributed by atoms with Gasteiger partial charge in [0.25, 0.3) is 5.91 Å². The number of rotatable bonds is 3. The van der Waals surface area contributed by atoms with Gasteiger partial charge in [0.15, 0.2) is 0 Å². The van der Waals surface area contributed by atoms with E-state index >= 15 is 0 Å². The zero-order valence-corrected chi connectivity index (χ0v) is 12.6. The number of hydrogen-bond donors (Lipinski definition) is 1. The highest BCUT2D eigenvalue weighted by atomic mass is 16.5. The van der Waals surface area contributed by atoms with Gasteiger partial charge < -0.3 is 14.7 Å². The quantitative estimate of drug-likeness (QED) is 0.856. The molecule has 1 aliphatic rings. The van der Waals surface area contributed by atoms with Gasteiger partial charge in [-0.2, -0.15) is 0 Å². The molecule has 1 aromatic carbocycles. The van der Waals surface area contributed by atoms with Crippen LogP contribution in [-0.4, -0.2) is 49.3 Å². The number of likely N-dealkylation sites (tertiary alicyclic amines) is 1. The van der Waals surface area contributed by atoms with E-state index in [1.165, 1.54) is 0 Å². The molecule has 2 rings (SSSR count). The van der Waals surface area contributed by atoms with Crippen molar-refractivity contribution in [2.75, 3.05) is 33.4 Å². The predicted molar refractivity (Wildman–Crippen MR) is 81.0 cm³/mol. The first-order valence-corrected chi connectivity index (χ1v) is 7.14. The van der Waals surface area contributed by atoms with Gasteiger partial charge in [0.05, 0.1) is 12.2 Å². The first-order chi connectivity index (χ1) is 10.2. The summed E-state index contributed by atoms with van der Waals surface area (Å²) in [6.07, 6.45) is 0.975. The fraction of sp³-hybridized carbons (Fsp3) is 0.471. The minimum atomic E-state index is -0.207. The minimum Gasteiger partial charge on any atom is -0.384 e. The molecule has 1 unspecified atom stereocenters. The van der Waals surface area contributed by atoms with Crippen LogP contribution in [-0.2, 0) is 4.74 Å². The molecule has 1 aliphatic heterocycles. The maximum Gasteiger partial charge on any atom is 0.255 e. The van der Waals surface area contributed by atoms with Crippen LogP contribution >= 0.6 is 0 Å². The monoisotopic (exact) mass is 287 g/mol. The van der Waals surface area contributed by atoms with Crippen LogP contribution in [0.3, 0.4) is 0 Å². The van der Waals surface area contributed by atoms with Gasteiger partial charge in [-0.15, -0.1) is 0 Å². The number of carbonyl (C=O) groups is 1. The Balaban J connectivity index is 2.19. The summed E-state index contributed by atoms with van der Waals surface area (Å²) in [7, 11) is 1.69. The Bertz CT molecular complexity index is 571. The molecule has 1 N–H and O–H groups in total. The van der Waals surface area contributed by atoms with Crippen LogP contribution < -0.4 is 0 Å². The molecule has 0 radical (unpaired) electrons. The van der Waals surface area contributed by atoms with E-state index in [0.29, 0.717) is 23.7 Å². The van der Waals surface area contributed by atoms with Crippen LogP contribution in [0.15, 0.2) is 18.2 Å². The summed E-state index contributed by atoms with van der Waals surface area (Å²) in [6, 6.07) is 5.63. The highest BCUT2D eigenvalue weighted by Gasteiger charge is 2.27.